The Bertz CT molecular complexity index is 1010. The summed E-state index contributed by atoms with van der Waals surface area (Å²) in [6.45, 7) is 0.945. The fourth-order valence-corrected chi connectivity index (χ4v) is 3.88. The first-order valence-electron chi connectivity index (χ1n) is 7.76. The number of aromatic amines is 1. The Kier molecular flexibility index (Phi) is 3.98. The molecule has 5 nitrogen and oxygen atoms in total. The zero-order valence-electron chi connectivity index (χ0n) is 13.1. The lowest BCUT2D eigenvalue weighted by Gasteiger charge is -2.30. The van der Waals surface area contributed by atoms with Gasteiger partial charge in [0.1, 0.15) is 0 Å². The molecule has 1 N–H and O–H groups in total. The van der Waals surface area contributed by atoms with E-state index in [-0.39, 0.29) is 5.91 Å². The van der Waals surface area contributed by atoms with E-state index >= 15 is 0 Å². The van der Waals surface area contributed by atoms with E-state index in [4.69, 9.17) is 23.2 Å². The SMILES string of the molecule is O=Cc1c(Cl)cc2c(c1Cl)CCN(C(=O)c1ccc3cn[nH]c3c1)C2. The van der Waals surface area contributed by atoms with Crippen molar-refractivity contribution in [1.82, 2.24) is 15.1 Å². The van der Waals surface area contributed by atoms with Gasteiger partial charge in [-0.25, -0.2) is 0 Å². The van der Waals surface area contributed by atoms with Crippen molar-refractivity contribution in [3.63, 3.8) is 0 Å². The monoisotopic (exact) mass is 373 g/mol. The van der Waals surface area contributed by atoms with Crippen LogP contribution in [-0.2, 0) is 13.0 Å². The molecule has 0 radical (unpaired) electrons. The van der Waals surface area contributed by atoms with E-state index in [0.717, 1.165) is 22.0 Å². The smallest absolute Gasteiger partial charge is 0.254 e. The first-order valence-corrected chi connectivity index (χ1v) is 8.51. The second-order valence-corrected chi connectivity index (χ2v) is 6.78. The highest BCUT2D eigenvalue weighted by Crippen LogP contribution is 2.34. The zero-order valence-corrected chi connectivity index (χ0v) is 14.6. The topological polar surface area (TPSA) is 66.1 Å². The number of carbonyl (C=O) groups is 2. The van der Waals surface area contributed by atoms with Crippen LogP contribution in [0.25, 0.3) is 10.9 Å². The van der Waals surface area contributed by atoms with Gasteiger partial charge >= 0.3 is 0 Å². The number of carbonyl (C=O) groups excluding carboxylic acids is 2. The Morgan fingerprint density at radius 1 is 1.28 bits per heavy atom. The van der Waals surface area contributed by atoms with Gasteiger partial charge in [-0.05, 0) is 35.7 Å². The lowest BCUT2D eigenvalue weighted by molar-refractivity contribution is 0.0734. The Morgan fingerprint density at radius 2 is 2.12 bits per heavy atom. The van der Waals surface area contributed by atoms with Crippen LogP contribution in [0, 0.1) is 0 Å². The fourth-order valence-electron chi connectivity index (χ4n) is 3.20. The highest BCUT2D eigenvalue weighted by Gasteiger charge is 2.25. The van der Waals surface area contributed by atoms with Gasteiger partial charge in [0.2, 0.25) is 0 Å². The second kappa shape index (κ2) is 6.17. The van der Waals surface area contributed by atoms with Crippen molar-refractivity contribution in [2.45, 2.75) is 13.0 Å². The first-order chi connectivity index (χ1) is 12.1. The summed E-state index contributed by atoms with van der Waals surface area (Å²) in [6, 6.07) is 7.19. The Hall–Kier alpha value is -2.37. The molecule has 7 heteroatoms. The molecule has 1 aliphatic heterocycles. The molecule has 0 saturated heterocycles. The lowest BCUT2D eigenvalue weighted by atomic mass is 9.96. The van der Waals surface area contributed by atoms with Gasteiger partial charge in [0, 0.05) is 24.0 Å². The van der Waals surface area contributed by atoms with Crippen LogP contribution in [0.3, 0.4) is 0 Å². The summed E-state index contributed by atoms with van der Waals surface area (Å²) in [5.74, 6) is -0.0612. The summed E-state index contributed by atoms with van der Waals surface area (Å²) in [5.41, 5.74) is 3.50. The predicted molar refractivity (Wildman–Crippen MR) is 96.4 cm³/mol. The number of aldehydes is 1. The number of benzene rings is 2. The third kappa shape index (κ3) is 2.69. The molecular formula is C18H13Cl2N3O2. The molecule has 0 aliphatic carbocycles. The molecule has 0 bridgehead atoms. The van der Waals surface area contributed by atoms with Crippen LogP contribution in [0.4, 0.5) is 0 Å². The van der Waals surface area contributed by atoms with Gasteiger partial charge in [0.05, 0.1) is 27.3 Å². The highest BCUT2D eigenvalue weighted by molar-refractivity contribution is 6.39. The molecule has 0 atom stereocenters. The fraction of sp³-hybridized carbons (Fsp3) is 0.167. The quantitative estimate of drug-likeness (QED) is 0.693. The maximum Gasteiger partial charge on any atom is 0.254 e. The van der Waals surface area contributed by atoms with Crippen LogP contribution in [-0.4, -0.2) is 33.8 Å². The number of H-pyrrole nitrogens is 1. The van der Waals surface area contributed by atoms with Gasteiger partial charge in [-0.15, -0.1) is 0 Å². The number of nitrogens with one attached hydrogen (secondary N) is 1. The first kappa shape index (κ1) is 16.1. The van der Waals surface area contributed by atoms with E-state index in [0.29, 0.717) is 47.0 Å². The van der Waals surface area contributed by atoms with Crippen LogP contribution in [0.1, 0.15) is 31.8 Å². The maximum absolute atomic E-state index is 12.8. The molecule has 126 valence electrons. The average Bonchev–Trinajstić information content (AvgIpc) is 3.08. The molecule has 0 unspecified atom stereocenters. The van der Waals surface area contributed by atoms with Crippen molar-refractivity contribution in [1.29, 1.82) is 0 Å². The molecule has 1 aromatic heterocycles. The zero-order chi connectivity index (χ0) is 17.6. The number of aromatic nitrogens is 2. The van der Waals surface area contributed by atoms with Gasteiger partial charge in [-0.3, -0.25) is 14.7 Å². The van der Waals surface area contributed by atoms with Crippen molar-refractivity contribution in [3.05, 3.63) is 62.8 Å². The van der Waals surface area contributed by atoms with E-state index in [1.54, 1.807) is 29.3 Å². The Balaban J connectivity index is 1.65. The minimum absolute atomic E-state index is 0.0612. The normalized spacial score (nSPS) is 13.8. The van der Waals surface area contributed by atoms with Crippen molar-refractivity contribution in [3.8, 4) is 0 Å². The molecule has 0 saturated carbocycles. The average molecular weight is 374 g/mol. The van der Waals surface area contributed by atoms with Crippen LogP contribution >= 0.6 is 23.2 Å². The summed E-state index contributed by atoms with van der Waals surface area (Å²) in [5, 5.41) is 8.51. The van der Waals surface area contributed by atoms with Crippen molar-refractivity contribution < 1.29 is 9.59 Å². The largest absolute Gasteiger partial charge is 0.334 e. The number of halogens is 2. The number of rotatable bonds is 2. The van der Waals surface area contributed by atoms with E-state index in [9.17, 15) is 9.59 Å². The van der Waals surface area contributed by atoms with E-state index in [2.05, 4.69) is 10.2 Å². The number of hydrogen-bond donors (Lipinski definition) is 1. The lowest BCUT2D eigenvalue weighted by Crippen LogP contribution is -2.36. The van der Waals surface area contributed by atoms with E-state index in [1.165, 1.54) is 0 Å². The third-order valence-corrected chi connectivity index (χ3v) is 5.28. The van der Waals surface area contributed by atoms with E-state index < -0.39 is 0 Å². The summed E-state index contributed by atoms with van der Waals surface area (Å²) >= 11 is 12.4. The van der Waals surface area contributed by atoms with Gasteiger partial charge in [0.25, 0.3) is 5.91 Å². The van der Waals surface area contributed by atoms with Gasteiger partial charge in [0.15, 0.2) is 6.29 Å². The predicted octanol–water partition coefficient (Wildman–Crippen LogP) is 3.88. The Labute approximate surface area is 153 Å². The molecule has 2 heterocycles. The molecular weight excluding hydrogens is 361 g/mol. The maximum atomic E-state index is 12.8. The van der Waals surface area contributed by atoms with Gasteiger partial charge in [-0.1, -0.05) is 29.3 Å². The molecule has 1 aliphatic rings. The van der Waals surface area contributed by atoms with Gasteiger partial charge in [-0.2, -0.15) is 5.10 Å². The Morgan fingerprint density at radius 3 is 2.92 bits per heavy atom. The molecule has 3 aromatic rings. The molecule has 2 aromatic carbocycles. The van der Waals surface area contributed by atoms with Crippen LogP contribution in [0.5, 0.6) is 0 Å². The minimum Gasteiger partial charge on any atom is -0.334 e. The highest BCUT2D eigenvalue weighted by atomic mass is 35.5. The van der Waals surface area contributed by atoms with Crippen LogP contribution < -0.4 is 0 Å². The van der Waals surface area contributed by atoms with Crippen molar-refractivity contribution >= 4 is 46.3 Å². The van der Waals surface area contributed by atoms with Gasteiger partial charge < -0.3 is 4.90 Å². The molecule has 0 fully saturated rings. The molecule has 1 amide bonds. The van der Waals surface area contributed by atoms with Crippen molar-refractivity contribution in [2.75, 3.05) is 6.54 Å². The summed E-state index contributed by atoms with van der Waals surface area (Å²) < 4.78 is 0. The minimum atomic E-state index is -0.0612. The van der Waals surface area contributed by atoms with Crippen LogP contribution in [0.2, 0.25) is 10.0 Å². The number of hydrogen-bond acceptors (Lipinski definition) is 3. The van der Waals surface area contributed by atoms with Crippen molar-refractivity contribution in [2.24, 2.45) is 0 Å². The van der Waals surface area contributed by atoms with Crippen LogP contribution in [0.15, 0.2) is 30.5 Å². The summed E-state index contributed by atoms with van der Waals surface area (Å²) in [6.07, 6.45) is 2.97. The van der Waals surface area contributed by atoms with E-state index in [1.807, 2.05) is 6.07 Å². The number of fused-ring (bicyclic) bond motifs is 2. The standard InChI is InChI=1S/C18H13Cl2N3O2/c19-15-5-12-8-23(4-3-13(12)17(20)14(15)9-24)18(25)10-1-2-11-7-21-22-16(11)6-10/h1-2,5-7,9H,3-4,8H2,(H,21,22). The molecule has 0 spiro atoms. The third-order valence-electron chi connectivity index (χ3n) is 4.53. The summed E-state index contributed by atoms with van der Waals surface area (Å²) in [7, 11) is 0. The second-order valence-electron chi connectivity index (χ2n) is 5.99. The number of amides is 1. The summed E-state index contributed by atoms with van der Waals surface area (Å²) in [4.78, 5) is 25.7. The molecule has 4 rings (SSSR count). The number of nitrogens with zero attached hydrogens (tertiary/aromatic N) is 2. The molecule has 25 heavy (non-hydrogen) atoms.